The highest BCUT2D eigenvalue weighted by Crippen LogP contribution is 2.20. The largest absolute Gasteiger partial charge is 0.508 e. The van der Waals surface area contributed by atoms with Gasteiger partial charge in [0.15, 0.2) is 5.82 Å². The molecule has 0 aliphatic heterocycles. The van der Waals surface area contributed by atoms with E-state index >= 15 is 0 Å². The molecule has 2 rings (SSSR count). The van der Waals surface area contributed by atoms with Crippen molar-refractivity contribution in [2.75, 3.05) is 0 Å². The minimum Gasteiger partial charge on any atom is -0.508 e. The van der Waals surface area contributed by atoms with E-state index in [0.29, 0.717) is 5.82 Å². The molecule has 90 valence electrons. The van der Waals surface area contributed by atoms with Crippen LogP contribution >= 0.6 is 0 Å². The summed E-state index contributed by atoms with van der Waals surface area (Å²) in [4.78, 5) is 0. The lowest BCUT2D eigenvalue weighted by Gasteiger charge is -2.18. The molecule has 17 heavy (non-hydrogen) atoms. The number of H-pyrrole nitrogens is 1. The Kier molecular flexibility index (Phi) is 3.34. The van der Waals surface area contributed by atoms with Crippen molar-refractivity contribution in [1.29, 1.82) is 0 Å². The third-order valence-electron chi connectivity index (χ3n) is 2.62. The van der Waals surface area contributed by atoms with E-state index in [-0.39, 0.29) is 17.8 Å². The number of hydrogen-bond acceptors (Lipinski definition) is 5. The molecule has 3 N–H and O–H groups in total. The van der Waals surface area contributed by atoms with Crippen molar-refractivity contribution in [2.45, 2.75) is 25.9 Å². The first-order valence-electron chi connectivity index (χ1n) is 5.45. The van der Waals surface area contributed by atoms with Crippen molar-refractivity contribution in [3.8, 4) is 5.75 Å². The second-order valence-electron chi connectivity index (χ2n) is 3.98. The van der Waals surface area contributed by atoms with Crippen LogP contribution in [-0.2, 0) is 0 Å². The average molecular weight is 233 g/mol. The molecule has 2 atom stereocenters. The summed E-state index contributed by atoms with van der Waals surface area (Å²) in [5, 5.41) is 26.5. The summed E-state index contributed by atoms with van der Waals surface area (Å²) in [5.41, 5.74) is 1.01. The van der Waals surface area contributed by atoms with Gasteiger partial charge in [0, 0.05) is 6.04 Å². The van der Waals surface area contributed by atoms with Gasteiger partial charge in [-0.15, -0.1) is 10.2 Å². The molecule has 0 aliphatic carbocycles. The lowest BCUT2D eigenvalue weighted by atomic mass is 10.1. The second kappa shape index (κ2) is 4.92. The molecule has 0 bridgehead atoms. The molecule has 6 heteroatoms. The fourth-order valence-electron chi connectivity index (χ4n) is 1.69. The summed E-state index contributed by atoms with van der Waals surface area (Å²) in [6.45, 7) is 3.98. The fourth-order valence-corrected chi connectivity index (χ4v) is 1.69. The third kappa shape index (κ3) is 2.79. The number of nitrogens with zero attached hydrogens (tertiary/aromatic N) is 3. The van der Waals surface area contributed by atoms with E-state index in [2.05, 4.69) is 25.9 Å². The molecule has 2 aromatic rings. The minimum absolute atomic E-state index is 0.00824. The van der Waals surface area contributed by atoms with Gasteiger partial charge in [0.1, 0.15) is 5.75 Å². The van der Waals surface area contributed by atoms with Gasteiger partial charge in [-0.1, -0.05) is 17.3 Å². The number of aromatic amines is 1. The van der Waals surface area contributed by atoms with E-state index < -0.39 is 0 Å². The van der Waals surface area contributed by atoms with Crippen LogP contribution in [0.2, 0.25) is 0 Å². The number of rotatable bonds is 4. The third-order valence-corrected chi connectivity index (χ3v) is 2.62. The number of hydrogen-bond donors (Lipinski definition) is 3. The van der Waals surface area contributed by atoms with Crippen molar-refractivity contribution in [3.63, 3.8) is 0 Å². The van der Waals surface area contributed by atoms with Gasteiger partial charge >= 0.3 is 0 Å². The summed E-state index contributed by atoms with van der Waals surface area (Å²) in [6, 6.07) is 7.25. The van der Waals surface area contributed by atoms with Crippen molar-refractivity contribution in [2.24, 2.45) is 0 Å². The zero-order valence-corrected chi connectivity index (χ0v) is 9.75. The number of aromatic hydroxyl groups is 1. The summed E-state index contributed by atoms with van der Waals surface area (Å²) in [7, 11) is 0. The Morgan fingerprint density at radius 2 is 2.12 bits per heavy atom. The number of tetrazole rings is 1. The molecule has 6 nitrogen and oxygen atoms in total. The van der Waals surface area contributed by atoms with Gasteiger partial charge in [-0.25, -0.2) is 0 Å². The Labute approximate surface area is 99.1 Å². The van der Waals surface area contributed by atoms with E-state index in [1.165, 1.54) is 0 Å². The summed E-state index contributed by atoms with van der Waals surface area (Å²) >= 11 is 0. The lowest BCUT2D eigenvalue weighted by Crippen LogP contribution is -2.23. The smallest absolute Gasteiger partial charge is 0.191 e. The van der Waals surface area contributed by atoms with Gasteiger partial charge < -0.3 is 10.4 Å². The zero-order chi connectivity index (χ0) is 12.3. The molecule has 2 unspecified atom stereocenters. The van der Waals surface area contributed by atoms with E-state index in [9.17, 15) is 5.11 Å². The second-order valence-corrected chi connectivity index (χ2v) is 3.98. The van der Waals surface area contributed by atoms with Gasteiger partial charge in [-0.3, -0.25) is 0 Å². The molecule has 0 radical (unpaired) electrons. The van der Waals surface area contributed by atoms with Crippen LogP contribution < -0.4 is 5.32 Å². The highest BCUT2D eigenvalue weighted by Gasteiger charge is 2.14. The molecular weight excluding hydrogens is 218 g/mol. The molecule has 1 aromatic heterocycles. The Bertz CT molecular complexity index is 470. The molecule has 0 spiro atoms. The predicted octanol–water partition coefficient (Wildman–Crippen LogP) is 1.32. The lowest BCUT2D eigenvalue weighted by molar-refractivity contribution is 0.461. The average Bonchev–Trinajstić information content (AvgIpc) is 2.82. The van der Waals surface area contributed by atoms with E-state index in [1.54, 1.807) is 12.1 Å². The van der Waals surface area contributed by atoms with Gasteiger partial charge in [0.2, 0.25) is 0 Å². The minimum atomic E-state index is -0.00824. The van der Waals surface area contributed by atoms with Crippen molar-refractivity contribution < 1.29 is 5.11 Å². The maximum Gasteiger partial charge on any atom is 0.191 e. The Morgan fingerprint density at radius 1 is 1.29 bits per heavy atom. The fraction of sp³-hybridized carbons (Fsp3) is 0.364. The maximum atomic E-state index is 9.41. The number of phenols is 1. The van der Waals surface area contributed by atoms with E-state index in [1.807, 2.05) is 26.0 Å². The molecule has 1 aromatic carbocycles. The molecule has 0 amide bonds. The molecule has 0 aliphatic rings. The van der Waals surface area contributed by atoms with Crippen molar-refractivity contribution in [3.05, 3.63) is 35.7 Å². The van der Waals surface area contributed by atoms with Crippen LogP contribution in [0.1, 0.15) is 37.3 Å². The topological polar surface area (TPSA) is 86.7 Å². The van der Waals surface area contributed by atoms with Crippen LogP contribution in [0.3, 0.4) is 0 Å². The van der Waals surface area contributed by atoms with Crippen LogP contribution in [0.25, 0.3) is 0 Å². The Hall–Kier alpha value is -1.95. The number of nitrogens with one attached hydrogen (secondary N) is 2. The van der Waals surface area contributed by atoms with Crippen LogP contribution in [0.4, 0.5) is 0 Å². The monoisotopic (exact) mass is 233 g/mol. The number of aromatic nitrogens is 4. The van der Waals surface area contributed by atoms with Crippen molar-refractivity contribution >= 4 is 0 Å². The standard InChI is InChI=1S/C11H15N5O/c1-7(9-4-3-5-10(17)6-9)12-8(2)11-13-15-16-14-11/h3-8,12,17H,1-2H3,(H,13,14,15,16). The van der Waals surface area contributed by atoms with Gasteiger partial charge in [0.05, 0.1) is 6.04 Å². The first-order chi connectivity index (χ1) is 8.16. The normalized spacial score (nSPS) is 14.5. The molecule has 0 fully saturated rings. The maximum absolute atomic E-state index is 9.41. The highest BCUT2D eigenvalue weighted by molar-refractivity contribution is 5.29. The Morgan fingerprint density at radius 3 is 2.76 bits per heavy atom. The van der Waals surface area contributed by atoms with Gasteiger partial charge in [0.25, 0.3) is 0 Å². The zero-order valence-electron chi connectivity index (χ0n) is 9.75. The Balaban J connectivity index is 2.04. The SMILES string of the molecule is CC(NC(C)c1nn[nH]n1)c1cccc(O)c1. The number of benzene rings is 1. The molecule has 0 saturated carbocycles. The first kappa shape index (κ1) is 11.5. The van der Waals surface area contributed by atoms with E-state index in [4.69, 9.17) is 0 Å². The quantitative estimate of drug-likeness (QED) is 0.741. The molecular formula is C11H15N5O. The van der Waals surface area contributed by atoms with Gasteiger partial charge in [-0.05, 0) is 31.5 Å². The summed E-state index contributed by atoms with van der Waals surface area (Å²) < 4.78 is 0. The summed E-state index contributed by atoms with van der Waals surface area (Å²) in [5.74, 6) is 0.889. The van der Waals surface area contributed by atoms with Crippen LogP contribution in [0, 0.1) is 0 Å². The van der Waals surface area contributed by atoms with Crippen LogP contribution in [0.15, 0.2) is 24.3 Å². The number of phenolic OH excluding ortho intramolecular Hbond substituents is 1. The predicted molar refractivity (Wildman–Crippen MR) is 62.3 cm³/mol. The van der Waals surface area contributed by atoms with Crippen molar-refractivity contribution in [1.82, 2.24) is 25.9 Å². The summed E-state index contributed by atoms with van der Waals surface area (Å²) in [6.07, 6.45) is 0. The first-order valence-corrected chi connectivity index (χ1v) is 5.45. The van der Waals surface area contributed by atoms with Gasteiger partial charge in [-0.2, -0.15) is 5.21 Å². The molecule has 1 heterocycles. The molecule has 0 saturated heterocycles. The van der Waals surface area contributed by atoms with Crippen LogP contribution in [0.5, 0.6) is 5.75 Å². The highest BCUT2D eigenvalue weighted by atomic mass is 16.3. The van der Waals surface area contributed by atoms with E-state index in [0.717, 1.165) is 5.56 Å². The van der Waals surface area contributed by atoms with Crippen LogP contribution in [-0.4, -0.2) is 25.7 Å².